The molecular weight excluding hydrogens is 335 g/mol. The first-order valence-electron chi connectivity index (χ1n) is 7.71. The zero-order chi connectivity index (χ0) is 17.5. The predicted octanol–water partition coefficient (Wildman–Crippen LogP) is 4.77. The van der Waals surface area contributed by atoms with Crippen molar-refractivity contribution in [2.45, 2.75) is 37.9 Å². The monoisotopic (exact) mass is 353 g/mol. The van der Waals surface area contributed by atoms with Crippen LogP contribution in [0, 0.1) is 6.92 Å². The number of hydrogen-bond donors (Lipinski definition) is 0. The number of aryl methyl sites for hydroxylation is 1. The quantitative estimate of drug-likeness (QED) is 0.776. The summed E-state index contributed by atoms with van der Waals surface area (Å²) < 4.78 is 38.8. The van der Waals surface area contributed by atoms with Gasteiger partial charge in [-0.1, -0.05) is 18.2 Å². The summed E-state index contributed by atoms with van der Waals surface area (Å²) in [6.07, 6.45) is -3.20. The molecule has 2 aromatic rings. The molecule has 24 heavy (non-hydrogen) atoms. The van der Waals surface area contributed by atoms with Crippen LogP contribution in [0.25, 0.3) is 0 Å². The van der Waals surface area contributed by atoms with Crippen molar-refractivity contribution in [3.8, 4) is 0 Å². The van der Waals surface area contributed by atoms with Crippen LogP contribution in [0.2, 0.25) is 0 Å². The molecule has 3 rings (SSSR count). The molecule has 128 valence electrons. The fourth-order valence-electron chi connectivity index (χ4n) is 2.99. The number of nitrogens with zero attached hydrogens (tertiary/aromatic N) is 1. The van der Waals surface area contributed by atoms with Gasteiger partial charge in [-0.2, -0.15) is 13.2 Å². The molecule has 1 aliphatic carbocycles. The van der Waals surface area contributed by atoms with Crippen LogP contribution in [0.15, 0.2) is 36.4 Å². The van der Waals surface area contributed by atoms with E-state index in [2.05, 4.69) is 0 Å². The molecule has 0 N–H and O–H groups in total. The Morgan fingerprint density at radius 1 is 1.25 bits per heavy atom. The van der Waals surface area contributed by atoms with Crippen molar-refractivity contribution < 1.29 is 18.0 Å². The highest BCUT2D eigenvalue weighted by molar-refractivity contribution is 7.11. The summed E-state index contributed by atoms with van der Waals surface area (Å²) in [5.41, 5.74) is -1.02. The fraction of sp³-hybridized carbons (Fsp3) is 0.389. The van der Waals surface area contributed by atoms with Crippen molar-refractivity contribution in [2.75, 3.05) is 7.05 Å². The summed E-state index contributed by atoms with van der Waals surface area (Å²) >= 11 is 1.62. The molecule has 0 saturated heterocycles. The summed E-state index contributed by atoms with van der Waals surface area (Å²) in [6, 6.07) is 9.15. The van der Waals surface area contributed by atoms with Gasteiger partial charge in [0.2, 0.25) is 5.91 Å². The molecule has 2 nitrogen and oxygen atoms in total. The average Bonchev–Trinajstić information content (AvgIpc) is 3.24. The standard InChI is InChI=1S/C18H18F3NOS/c1-12-6-7-15(24-12)11-22(2)16(23)17(8-9-17)13-4-3-5-14(10-13)18(19,20)21/h3-7,10H,8-9,11H2,1-2H3. The maximum Gasteiger partial charge on any atom is 0.416 e. The summed E-state index contributed by atoms with van der Waals surface area (Å²) in [7, 11) is 1.71. The van der Waals surface area contributed by atoms with Crippen molar-refractivity contribution in [1.29, 1.82) is 0 Å². The van der Waals surface area contributed by atoms with E-state index in [4.69, 9.17) is 0 Å². The minimum Gasteiger partial charge on any atom is -0.340 e. The van der Waals surface area contributed by atoms with Gasteiger partial charge in [-0.05, 0) is 43.5 Å². The molecule has 0 bridgehead atoms. The zero-order valence-corrected chi connectivity index (χ0v) is 14.3. The molecule has 1 aromatic carbocycles. The fourth-order valence-corrected chi connectivity index (χ4v) is 3.93. The van der Waals surface area contributed by atoms with Gasteiger partial charge in [0.25, 0.3) is 0 Å². The van der Waals surface area contributed by atoms with Gasteiger partial charge in [-0.25, -0.2) is 0 Å². The van der Waals surface area contributed by atoms with Crippen molar-refractivity contribution in [1.82, 2.24) is 4.90 Å². The molecule has 0 spiro atoms. The molecule has 1 aromatic heterocycles. The van der Waals surface area contributed by atoms with Crippen LogP contribution in [-0.4, -0.2) is 17.9 Å². The first-order chi connectivity index (χ1) is 11.2. The van der Waals surface area contributed by atoms with E-state index in [0.717, 1.165) is 17.0 Å². The SMILES string of the molecule is Cc1ccc(CN(C)C(=O)C2(c3cccc(C(F)(F)F)c3)CC2)s1. The highest BCUT2D eigenvalue weighted by atomic mass is 32.1. The molecule has 0 aliphatic heterocycles. The lowest BCUT2D eigenvalue weighted by atomic mass is 9.92. The second-order valence-electron chi connectivity index (χ2n) is 6.33. The maximum atomic E-state index is 12.9. The minimum absolute atomic E-state index is 0.104. The van der Waals surface area contributed by atoms with E-state index in [-0.39, 0.29) is 5.91 Å². The van der Waals surface area contributed by atoms with Crippen LogP contribution in [0.5, 0.6) is 0 Å². The third-order valence-corrected chi connectivity index (χ3v) is 5.42. The van der Waals surface area contributed by atoms with Crippen LogP contribution < -0.4 is 0 Å². The first-order valence-corrected chi connectivity index (χ1v) is 8.53. The number of benzene rings is 1. The van der Waals surface area contributed by atoms with Crippen molar-refractivity contribution in [2.24, 2.45) is 0 Å². The van der Waals surface area contributed by atoms with E-state index in [1.54, 1.807) is 29.4 Å². The van der Waals surface area contributed by atoms with Gasteiger partial charge in [0.1, 0.15) is 0 Å². The second kappa shape index (κ2) is 5.92. The number of halogens is 3. The lowest BCUT2D eigenvalue weighted by Gasteiger charge is -2.24. The van der Waals surface area contributed by atoms with E-state index in [1.807, 2.05) is 19.1 Å². The van der Waals surface area contributed by atoms with Crippen molar-refractivity contribution in [3.05, 3.63) is 57.3 Å². The van der Waals surface area contributed by atoms with E-state index in [1.165, 1.54) is 10.9 Å². The molecule has 1 saturated carbocycles. The summed E-state index contributed by atoms with van der Waals surface area (Å²) in [6.45, 7) is 2.49. The number of carbonyl (C=O) groups excluding carboxylic acids is 1. The van der Waals surface area contributed by atoms with E-state index in [0.29, 0.717) is 24.9 Å². The lowest BCUT2D eigenvalue weighted by Crippen LogP contribution is -2.36. The van der Waals surface area contributed by atoms with Crippen molar-refractivity contribution in [3.63, 3.8) is 0 Å². The van der Waals surface area contributed by atoms with Gasteiger partial charge in [0, 0.05) is 16.8 Å². The Bertz CT molecular complexity index is 762. The maximum absolute atomic E-state index is 12.9. The molecule has 0 atom stereocenters. The van der Waals surface area contributed by atoms with Crippen LogP contribution in [0.1, 0.15) is 33.7 Å². The van der Waals surface area contributed by atoms with Gasteiger partial charge in [0.15, 0.2) is 0 Å². The molecule has 1 aliphatic rings. The number of alkyl halides is 3. The average molecular weight is 353 g/mol. The third-order valence-electron chi connectivity index (χ3n) is 4.44. The Kier molecular flexibility index (Phi) is 4.20. The van der Waals surface area contributed by atoms with E-state index in [9.17, 15) is 18.0 Å². The first kappa shape index (κ1) is 17.0. The van der Waals surface area contributed by atoms with Gasteiger partial charge >= 0.3 is 6.18 Å². The molecular formula is C18H18F3NOS. The topological polar surface area (TPSA) is 20.3 Å². The molecule has 1 amide bonds. The smallest absolute Gasteiger partial charge is 0.340 e. The summed E-state index contributed by atoms with van der Waals surface area (Å²) in [5, 5.41) is 0. The van der Waals surface area contributed by atoms with Gasteiger partial charge in [-0.15, -0.1) is 11.3 Å². The highest BCUT2D eigenvalue weighted by Gasteiger charge is 2.53. The number of thiophene rings is 1. The molecule has 0 radical (unpaired) electrons. The second-order valence-corrected chi connectivity index (χ2v) is 7.71. The van der Waals surface area contributed by atoms with Crippen LogP contribution in [0.3, 0.4) is 0 Å². The highest BCUT2D eigenvalue weighted by Crippen LogP contribution is 2.50. The number of likely N-dealkylation sites (N-methyl/N-ethyl adjacent to an activating group) is 1. The van der Waals surface area contributed by atoms with Crippen LogP contribution in [0.4, 0.5) is 13.2 Å². The molecule has 6 heteroatoms. The van der Waals surface area contributed by atoms with Gasteiger partial charge < -0.3 is 4.90 Å². The Balaban J connectivity index is 1.81. The van der Waals surface area contributed by atoms with Gasteiger partial charge in [-0.3, -0.25) is 4.79 Å². The van der Waals surface area contributed by atoms with Crippen molar-refractivity contribution >= 4 is 17.2 Å². The van der Waals surface area contributed by atoms with Crippen LogP contribution >= 0.6 is 11.3 Å². The van der Waals surface area contributed by atoms with Crippen LogP contribution in [-0.2, 0) is 22.9 Å². The van der Waals surface area contributed by atoms with E-state index < -0.39 is 17.2 Å². The number of amides is 1. The Labute approximate surface area is 142 Å². The number of hydrogen-bond acceptors (Lipinski definition) is 2. The minimum atomic E-state index is -4.39. The number of rotatable bonds is 4. The lowest BCUT2D eigenvalue weighted by molar-refractivity contribution is -0.138. The summed E-state index contributed by atoms with van der Waals surface area (Å²) in [5.74, 6) is -0.104. The Morgan fingerprint density at radius 3 is 2.50 bits per heavy atom. The number of carbonyl (C=O) groups is 1. The largest absolute Gasteiger partial charge is 0.416 e. The van der Waals surface area contributed by atoms with Gasteiger partial charge in [0.05, 0.1) is 17.5 Å². The molecule has 0 unspecified atom stereocenters. The zero-order valence-electron chi connectivity index (χ0n) is 13.5. The Hall–Kier alpha value is -1.82. The third kappa shape index (κ3) is 3.20. The molecule has 1 fully saturated rings. The van der Waals surface area contributed by atoms with E-state index >= 15 is 0 Å². The normalized spacial score (nSPS) is 16.0. The predicted molar refractivity (Wildman–Crippen MR) is 87.9 cm³/mol. The Morgan fingerprint density at radius 2 is 1.96 bits per heavy atom. The summed E-state index contributed by atoms with van der Waals surface area (Å²) in [4.78, 5) is 16.7. The molecule has 1 heterocycles.